The number of amides is 2. The SMILES string of the molecule is O=C(O)Nc1cc(NC(=O)c2cc3ccc(F)cc3nc2N2CCCC(F)(F)CC2)ccn1. The van der Waals surface area contributed by atoms with E-state index >= 15 is 0 Å². The second kappa shape index (κ2) is 8.93. The van der Waals surface area contributed by atoms with Crippen LogP contribution in [-0.4, -0.2) is 46.1 Å². The molecule has 33 heavy (non-hydrogen) atoms. The molecular weight excluding hydrogens is 439 g/mol. The summed E-state index contributed by atoms with van der Waals surface area (Å²) in [7, 11) is 0. The first-order valence-corrected chi connectivity index (χ1v) is 10.2. The van der Waals surface area contributed by atoms with Gasteiger partial charge in [0.15, 0.2) is 0 Å². The summed E-state index contributed by atoms with van der Waals surface area (Å²) in [5.74, 6) is -3.68. The molecule has 1 fully saturated rings. The molecule has 0 atom stereocenters. The van der Waals surface area contributed by atoms with Gasteiger partial charge in [0, 0.05) is 55.3 Å². The molecule has 1 saturated heterocycles. The van der Waals surface area contributed by atoms with Gasteiger partial charge in [-0.25, -0.2) is 27.9 Å². The number of carboxylic acid groups (broad SMARTS) is 1. The number of benzene rings is 1. The Balaban J connectivity index is 1.70. The van der Waals surface area contributed by atoms with Gasteiger partial charge in [0.25, 0.3) is 5.91 Å². The van der Waals surface area contributed by atoms with Crippen LogP contribution in [0.2, 0.25) is 0 Å². The van der Waals surface area contributed by atoms with Crippen LogP contribution in [0, 0.1) is 5.82 Å². The third kappa shape index (κ3) is 5.30. The fourth-order valence-electron chi connectivity index (χ4n) is 3.70. The Kier molecular flexibility index (Phi) is 6.03. The molecule has 1 aromatic carbocycles. The van der Waals surface area contributed by atoms with Crippen LogP contribution < -0.4 is 15.5 Å². The van der Waals surface area contributed by atoms with E-state index in [0.717, 1.165) is 0 Å². The maximum atomic E-state index is 13.9. The number of halogens is 3. The van der Waals surface area contributed by atoms with E-state index in [4.69, 9.17) is 5.11 Å². The number of pyridine rings is 2. The lowest BCUT2D eigenvalue weighted by atomic mass is 10.1. The van der Waals surface area contributed by atoms with Crippen LogP contribution in [0.3, 0.4) is 0 Å². The predicted molar refractivity (Wildman–Crippen MR) is 117 cm³/mol. The van der Waals surface area contributed by atoms with Gasteiger partial charge in [0.05, 0.1) is 11.1 Å². The van der Waals surface area contributed by atoms with E-state index in [1.165, 1.54) is 42.6 Å². The third-order valence-electron chi connectivity index (χ3n) is 5.27. The molecule has 3 N–H and O–H groups in total. The summed E-state index contributed by atoms with van der Waals surface area (Å²) in [6.45, 7) is 0.259. The Morgan fingerprint density at radius 2 is 1.88 bits per heavy atom. The number of rotatable bonds is 4. The molecule has 0 spiro atoms. The van der Waals surface area contributed by atoms with Gasteiger partial charge >= 0.3 is 6.09 Å². The highest BCUT2D eigenvalue weighted by Gasteiger charge is 2.33. The molecule has 172 valence electrons. The summed E-state index contributed by atoms with van der Waals surface area (Å²) < 4.78 is 41.6. The van der Waals surface area contributed by atoms with Gasteiger partial charge in [-0.1, -0.05) is 0 Å². The van der Waals surface area contributed by atoms with Gasteiger partial charge in [0.1, 0.15) is 17.5 Å². The molecule has 11 heteroatoms. The molecular formula is C22H20F3N5O3. The lowest BCUT2D eigenvalue weighted by Gasteiger charge is -2.24. The number of alkyl halides is 2. The molecule has 0 bridgehead atoms. The van der Waals surface area contributed by atoms with Crippen molar-refractivity contribution >= 4 is 40.2 Å². The van der Waals surface area contributed by atoms with Crippen molar-refractivity contribution in [3.8, 4) is 0 Å². The maximum Gasteiger partial charge on any atom is 0.410 e. The van der Waals surface area contributed by atoms with Crippen LogP contribution >= 0.6 is 0 Å². The highest BCUT2D eigenvalue weighted by molar-refractivity contribution is 6.09. The summed E-state index contributed by atoms with van der Waals surface area (Å²) in [5, 5.41) is 14.1. The van der Waals surface area contributed by atoms with Crippen molar-refractivity contribution in [3.63, 3.8) is 0 Å². The van der Waals surface area contributed by atoms with E-state index in [-0.39, 0.29) is 55.2 Å². The molecule has 0 saturated carbocycles. The van der Waals surface area contributed by atoms with Gasteiger partial charge in [0.2, 0.25) is 5.92 Å². The number of anilines is 3. The summed E-state index contributed by atoms with van der Waals surface area (Å²) in [4.78, 5) is 33.9. The zero-order valence-electron chi connectivity index (χ0n) is 17.3. The van der Waals surface area contributed by atoms with Crippen LogP contribution in [-0.2, 0) is 0 Å². The van der Waals surface area contributed by atoms with Crippen molar-refractivity contribution in [3.05, 3.63) is 54.0 Å². The van der Waals surface area contributed by atoms with E-state index in [1.54, 1.807) is 4.90 Å². The molecule has 0 radical (unpaired) electrons. The zero-order valence-corrected chi connectivity index (χ0v) is 17.3. The quantitative estimate of drug-likeness (QED) is 0.520. The number of nitrogens with one attached hydrogen (secondary N) is 2. The number of carbonyl (C=O) groups excluding carboxylic acids is 1. The van der Waals surface area contributed by atoms with Crippen LogP contribution in [0.1, 0.15) is 29.6 Å². The van der Waals surface area contributed by atoms with Crippen molar-refractivity contribution in [1.82, 2.24) is 9.97 Å². The number of aromatic nitrogens is 2. The molecule has 3 aromatic rings. The highest BCUT2D eigenvalue weighted by atomic mass is 19.3. The molecule has 0 unspecified atom stereocenters. The predicted octanol–water partition coefficient (Wildman–Crippen LogP) is 4.74. The third-order valence-corrected chi connectivity index (χ3v) is 5.27. The van der Waals surface area contributed by atoms with E-state index in [2.05, 4.69) is 20.6 Å². The summed E-state index contributed by atoms with van der Waals surface area (Å²) in [6.07, 6.45) is -0.419. The average molecular weight is 459 g/mol. The van der Waals surface area contributed by atoms with E-state index in [1.807, 2.05) is 0 Å². The van der Waals surface area contributed by atoms with E-state index in [0.29, 0.717) is 10.9 Å². The van der Waals surface area contributed by atoms with Gasteiger partial charge in [-0.15, -0.1) is 0 Å². The number of nitrogens with zero attached hydrogens (tertiary/aromatic N) is 3. The zero-order chi connectivity index (χ0) is 23.6. The molecule has 1 aliphatic heterocycles. The standard InChI is InChI=1S/C22H20F3N5O3/c23-14-3-2-13-10-16(20(31)27-15-4-7-26-18(12-15)29-21(32)33)19(28-17(13)11-14)30-8-1-5-22(24,25)6-9-30/h2-4,7,10-12H,1,5-6,8-9H2,(H,32,33)(H2,26,27,29,31). The number of fused-ring (bicyclic) bond motifs is 1. The average Bonchev–Trinajstić information content (AvgIpc) is 2.93. The lowest BCUT2D eigenvalue weighted by Crippen LogP contribution is -2.29. The van der Waals surface area contributed by atoms with Crippen molar-refractivity contribution in [2.24, 2.45) is 0 Å². The topological polar surface area (TPSA) is 107 Å². The van der Waals surface area contributed by atoms with Crippen molar-refractivity contribution in [1.29, 1.82) is 0 Å². The van der Waals surface area contributed by atoms with E-state index in [9.17, 15) is 22.8 Å². The molecule has 1 aliphatic rings. The number of carbonyl (C=O) groups is 2. The monoisotopic (exact) mass is 459 g/mol. The van der Waals surface area contributed by atoms with Crippen molar-refractivity contribution in [2.45, 2.75) is 25.2 Å². The molecule has 2 aromatic heterocycles. The smallest absolute Gasteiger partial charge is 0.410 e. The van der Waals surface area contributed by atoms with E-state index < -0.39 is 23.7 Å². The van der Waals surface area contributed by atoms with Gasteiger partial charge in [-0.05, 0) is 30.7 Å². The van der Waals surface area contributed by atoms with Gasteiger partial charge in [-0.3, -0.25) is 10.1 Å². The molecule has 4 rings (SSSR count). The van der Waals surface area contributed by atoms with Crippen molar-refractivity contribution in [2.75, 3.05) is 28.6 Å². The van der Waals surface area contributed by atoms with Crippen LogP contribution in [0.5, 0.6) is 0 Å². The Labute approximate surface area is 186 Å². The van der Waals surface area contributed by atoms with Crippen LogP contribution in [0.15, 0.2) is 42.6 Å². The Morgan fingerprint density at radius 1 is 1.06 bits per heavy atom. The summed E-state index contributed by atoms with van der Waals surface area (Å²) >= 11 is 0. The Bertz CT molecular complexity index is 1220. The second-order valence-corrected chi connectivity index (χ2v) is 7.71. The minimum Gasteiger partial charge on any atom is -0.465 e. The molecule has 3 heterocycles. The molecule has 0 aliphatic carbocycles. The van der Waals surface area contributed by atoms with Crippen LogP contribution in [0.4, 0.5) is 35.3 Å². The second-order valence-electron chi connectivity index (χ2n) is 7.71. The minimum atomic E-state index is -2.80. The normalized spacial score (nSPS) is 15.7. The first-order valence-electron chi connectivity index (χ1n) is 10.2. The Morgan fingerprint density at radius 3 is 2.67 bits per heavy atom. The minimum absolute atomic E-state index is 0.0109. The largest absolute Gasteiger partial charge is 0.465 e. The fourth-order valence-corrected chi connectivity index (χ4v) is 3.70. The van der Waals surface area contributed by atoms with Gasteiger partial charge < -0.3 is 15.3 Å². The van der Waals surface area contributed by atoms with Gasteiger partial charge in [-0.2, -0.15) is 0 Å². The van der Waals surface area contributed by atoms with Crippen LogP contribution in [0.25, 0.3) is 10.9 Å². The van der Waals surface area contributed by atoms with Crippen molar-refractivity contribution < 1.29 is 27.9 Å². The first-order chi connectivity index (χ1) is 15.7. The first kappa shape index (κ1) is 22.3. The molecule has 2 amide bonds. The number of hydrogen-bond donors (Lipinski definition) is 3. The number of hydrogen-bond acceptors (Lipinski definition) is 5. The summed E-state index contributed by atoms with van der Waals surface area (Å²) in [5.41, 5.74) is 0.699. The fraction of sp³-hybridized carbons (Fsp3) is 0.273. The Hall–Kier alpha value is -3.89. The lowest BCUT2D eigenvalue weighted by molar-refractivity contribution is -0.0102. The highest BCUT2D eigenvalue weighted by Crippen LogP contribution is 2.32. The summed E-state index contributed by atoms with van der Waals surface area (Å²) in [6, 6.07) is 8.29. The molecule has 8 nitrogen and oxygen atoms in total. The maximum absolute atomic E-state index is 13.9.